The molecule has 0 spiro atoms. The first-order valence-electron chi connectivity index (χ1n) is 5.23. The Kier molecular flexibility index (Phi) is 5.63. The zero-order valence-corrected chi connectivity index (χ0v) is 9.52. The summed E-state index contributed by atoms with van der Waals surface area (Å²) in [7, 11) is 0. The van der Waals surface area contributed by atoms with Gasteiger partial charge in [0.25, 0.3) is 0 Å². The lowest BCUT2D eigenvalue weighted by molar-refractivity contribution is 0.0526. The monoisotopic (exact) mass is 239 g/mol. The van der Waals surface area contributed by atoms with Gasteiger partial charge in [-0.25, -0.2) is 9.18 Å². The van der Waals surface area contributed by atoms with Crippen LogP contribution in [0.4, 0.5) is 10.1 Å². The normalized spacial score (nSPS) is 10.5. The number of esters is 1. The van der Waals surface area contributed by atoms with E-state index in [4.69, 9.17) is 4.74 Å². The number of hydrogen-bond donors (Lipinski definition) is 1. The van der Waals surface area contributed by atoms with E-state index in [9.17, 15) is 9.18 Å². The number of nitrogens with zero attached hydrogens (tertiary/aromatic N) is 2. The van der Waals surface area contributed by atoms with Crippen molar-refractivity contribution >= 4 is 11.7 Å². The molecule has 0 bridgehead atoms. The van der Waals surface area contributed by atoms with Crippen molar-refractivity contribution in [2.75, 3.05) is 25.3 Å². The maximum Gasteiger partial charge on any atom is 0.338 e. The fraction of sp³-hybridized carbons (Fsp3) is 0.364. The van der Waals surface area contributed by atoms with E-state index in [-0.39, 0.29) is 12.5 Å². The number of carbonyl (C=O) groups is 1. The van der Waals surface area contributed by atoms with Gasteiger partial charge in [-0.05, 0) is 31.2 Å². The molecule has 0 aliphatic rings. The van der Waals surface area contributed by atoms with Crippen LogP contribution in [-0.4, -0.2) is 25.8 Å². The number of anilines is 1. The summed E-state index contributed by atoms with van der Waals surface area (Å²) in [5.41, 5.74) is 3.75. The molecule has 92 valence electrons. The SMILES string of the molecule is CCOC(=O)c1ccc(NN=NCCF)cc1. The second-order valence-corrected chi connectivity index (χ2v) is 3.06. The fourth-order valence-electron chi connectivity index (χ4n) is 1.08. The minimum Gasteiger partial charge on any atom is -0.462 e. The van der Waals surface area contributed by atoms with Crippen LogP contribution in [0.2, 0.25) is 0 Å². The van der Waals surface area contributed by atoms with Gasteiger partial charge >= 0.3 is 5.97 Å². The van der Waals surface area contributed by atoms with Crippen molar-refractivity contribution in [2.45, 2.75) is 6.92 Å². The van der Waals surface area contributed by atoms with E-state index in [1.807, 2.05) is 0 Å². The summed E-state index contributed by atoms with van der Waals surface area (Å²) >= 11 is 0. The summed E-state index contributed by atoms with van der Waals surface area (Å²) < 4.78 is 16.5. The Labute approximate surface area is 98.7 Å². The second kappa shape index (κ2) is 7.32. The van der Waals surface area contributed by atoms with E-state index >= 15 is 0 Å². The molecule has 0 atom stereocenters. The van der Waals surface area contributed by atoms with Gasteiger partial charge in [-0.3, -0.25) is 5.43 Å². The molecule has 0 fully saturated rings. The van der Waals surface area contributed by atoms with Crippen molar-refractivity contribution in [1.82, 2.24) is 0 Å². The van der Waals surface area contributed by atoms with Crippen molar-refractivity contribution in [2.24, 2.45) is 10.3 Å². The van der Waals surface area contributed by atoms with Crippen LogP contribution in [0.5, 0.6) is 0 Å². The lowest BCUT2D eigenvalue weighted by Crippen LogP contribution is -2.04. The largest absolute Gasteiger partial charge is 0.462 e. The van der Waals surface area contributed by atoms with Crippen molar-refractivity contribution in [3.05, 3.63) is 29.8 Å². The summed E-state index contributed by atoms with van der Waals surface area (Å²) in [4.78, 5) is 11.3. The maximum atomic E-state index is 11.7. The van der Waals surface area contributed by atoms with E-state index in [1.54, 1.807) is 31.2 Å². The van der Waals surface area contributed by atoms with Crippen LogP contribution in [0.15, 0.2) is 34.6 Å². The Hall–Kier alpha value is -1.98. The summed E-state index contributed by atoms with van der Waals surface area (Å²) in [6.45, 7) is 1.59. The summed E-state index contributed by atoms with van der Waals surface area (Å²) in [6.07, 6.45) is 0. The molecule has 1 rings (SSSR count). The number of nitrogens with one attached hydrogen (secondary N) is 1. The van der Waals surface area contributed by atoms with Gasteiger partial charge in [0.05, 0.1) is 24.4 Å². The van der Waals surface area contributed by atoms with Crippen LogP contribution in [0.3, 0.4) is 0 Å². The molecular weight excluding hydrogens is 225 g/mol. The van der Waals surface area contributed by atoms with Crippen molar-refractivity contribution < 1.29 is 13.9 Å². The van der Waals surface area contributed by atoms with E-state index in [0.717, 1.165) is 0 Å². The van der Waals surface area contributed by atoms with Gasteiger partial charge in [0.2, 0.25) is 0 Å². The van der Waals surface area contributed by atoms with E-state index in [1.165, 1.54) is 0 Å². The fourth-order valence-corrected chi connectivity index (χ4v) is 1.08. The summed E-state index contributed by atoms with van der Waals surface area (Å²) in [5.74, 6) is -0.363. The number of carbonyl (C=O) groups excluding carboxylic acids is 1. The van der Waals surface area contributed by atoms with Crippen LogP contribution >= 0.6 is 0 Å². The average Bonchev–Trinajstić information content (AvgIpc) is 2.36. The summed E-state index contributed by atoms with van der Waals surface area (Å²) in [5, 5.41) is 7.08. The van der Waals surface area contributed by atoms with Gasteiger partial charge < -0.3 is 4.74 Å². The van der Waals surface area contributed by atoms with Gasteiger partial charge in [-0.2, -0.15) is 5.11 Å². The molecule has 1 N–H and O–H groups in total. The molecule has 17 heavy (non-hydrogen) atoms. The van der Waals surface area contributed by atoms with E-state index in [2.05, 4.69) is 15.8 Å². The Balaban J connectivity index is 2.53. The van der Waals surface area contributed by atoms with Gasteiger partial charge in [-0.15, -0.1) is 0 Å². The highest BCUT2D eigenvalue weighted by molar-refractivity contribution is 5.89. The Bertz CT molecular complexity index is 379. The minimum atomic E-state index is -0.535. The number of rotatable bonds is 6. The highest BCUT2D eigenvalue weighted by Crippen LogP contribution is 2.10. The number of benzene rings is 1. The number of alkyl halides is 1. The number of ether oxygens (including phenoxy) is 1. The molecule has 0 radical (unpaired) electrons. The van der Waals surface area contributed by atoms with Gasteiger partial charge in [-0.1, -0.05) is 5.22 Å². The minimum absolute atomic E-state index is 0.0356. The standard InChI is InChI=1S/C11H14FN3O2/c1-2-17-11(16)9-3-5-10(6-4-9)14-15-13-8-7-12/h3-6H,2,7-8H2,1H3,(H,13,14). The molecule has 1 aromatic rings. The zero-order chi connectivity index (χ0) is 12.5. The van der Waals surface area contributed by atoms with E-state index < -0.39 is 6.67 Å². The van der Waals surface area contributed by atoms with Gasteiger partial charge in [0.1, 0.15) is 6.67 Å². The third-order valence-electron chi connectivity index (χ3n) is 1.83. The molecule has 0 saturated carbocycles. The molecule has 6 heteroatoms. The maximum absolute atomic E-state index is 11.7. The predicted octanol–water partition coefficient (Wildman–Crippen LogP) is 2.61. The Morgan fingerprint density at radius 1 is 1.41 bits per heavy atom. The van der Waals surface area contributed by atoms with Crippen molar-refractivity contribution in [3.8, 4) is 0 Å². The predicted molar refractivity (Wildman–Crippen MR) is 61.7 cm³/mol. The highest BCUT2D eigenvalue weighted by atomic mass is 19.1. The molecule has 0 aliphatic heterocycles. The molecule has 0 heterocycles. The van der Waals surface area contributed by atoms with Crippen LogP contribution in [-0.2, 0) is 4.74 Å². The topological polar surface area (TPSA) is 63.0 Å². The molecule has 0 unspecified atom stereocenters. The lowest BCUT2D eigenvalue weighted by Gasteiger charge is -2.02. The lowest BCUT2D eigenvalue weighted by atomic mass is 10.2. The number of halogens is 1. The molecule has 0 aromatic heterocycles. The molecule has 1 aromatic carbocycles. The quantitative estimate of drug-likeness (QED) is 0.471. The van der Waals surface area contributed by atoms with Crippen LogP contribution in [0, 0.1) is 0 Å². The Morgan fingerprint density at radius 3 is 2.71 bits per heavy atom. The van der Waals surface area contributed by atoms with Gasteiger partial charge in [0.15, 0.2) is 0 Å². The first kappa shape index (κ1) is 13.1. The van der Waals surface area contributed by atoms with Crippen LogP contribution in [0.25, 0.3) is 0 Å². The first-order chi connectivity index (χ1) is 8.27. The third-order valence-corrected chi connectivity index (χ3v) is 1.83. The average molecular weight is 239 g/mol. The Morgan fingerprint density at radius 2 is 2.12 bits per heavy atom. The second-order valence-electron chi connectivity index (χ2n) is 3.06. The molecule has 5 nitrogen and oxygen atoms in total. The highest BCUT2D eigenvalue weighted by Gasteiger charge is 2.04. The molecular formula is C11H14FN3O2. The van der Waals surface area contributed by atoms with Crippen LogP contribution in [0.1, 0.15) is 17.3 Å². The molecule has 0 amide bonds. The van der Waals surface area contributed by atoms with Crippen molar-refractivity contribution in [1.29, 1.82) is 0 Å². The van der Waals surface area contributed by atoms with Crippen molar-refractivity contribution in [3.63, 3.8) is 0 Å². The summed E-state index contributed by atoms with van der Waals surface area (Å²) in [6, 6.07) is 6.57. The zero-order valence-electron chi connectivity index (χ0n) is 9.52. The smallest absolute Gasteiger partial charge is 0.338 e. The first-order valence-corrected chi connectivity index (χ1v) is 5.23. The third kappa shape index (κ3) is 4.58. The van der Waals surface area contributed by atoms with Gasteiger partial charge in [0, 0.05) is 0 Å². The number of hydrogen-bond acceptors (Lipinski definition) is 4. The molecule has 0 saturated heterocycles. The van der Waals surface area contributed by atoms with Crippen LogP contribution < -0.4 is 5.43 Å². The molecule has 0 aliphatic carbocycles. The van der Waals surface area contributed by atoms with E-state index in [0.29, 0.717) is 17.9 Å².